The number of piperidine rings is 1. The maximum atomic E-state index is 12.2. The molecule has 20 heavy (non-hydrogen) atoms. The number of carbonyl (C=O) groups is 2. The Morgan fingerprint density at radius 2 is 1.95 bits per heavy atom. The Bertz CT molecular complexity index is 375. The topological polar surface area (TPSA) is 61.4 Å². The van der Waals surface area contributed by atoms with Gasteiger partial charge in [0.15, 0.2) is 0 Å². The Morgan fingerprint density at radius 1 is 1.10 bits per heavy atom. The van der Waals surface area contributed by atoms with E-state index in [4.69, 9.17) is 0 Å². The molecule has 2 heterocycles. The molecule has 2 amide bonds. The maximum absolute atomic E-state index is 12.2. The van der Waals surface area contributed by atoms with E-state index in [1.165, 1.54) is 6.42 Å². The highest BCUT2D eigenvalue weighted by Crippen LogP contribution is 2.32. The van der Waals surface area contributed by atoms with Gasteiger partial charge in [-0.05, 0) is 45.1 Å². The zero-order valence-corrected chi connectivity index (χ0v) is 12.1. The van der Waals surface area contributed by atoms with Crippen LogP contribution in [0.1, 0.15) is 38.5 Å². The van der Waals surface area contributed by atoms with Crippen molar-refractivity contribution >= 4 is 11.8 Å². The van der Waals surface area contributed by atoms with Crippen LogP contribution in [0.3, 0.4) is 0 Å². The molecular weight excluding hydrogens is 254 g/mol. The lowest BCUT2D eigenvalue weighted by Gasteiger charge is -2.32. The first-order chi connectivity index (χ1) is 9.74. The van der Waals surface area contributed by atoms with Gasteiger partial charge < -0.3 is 15.5 Å². The lowest BCUT2D eigenvalue weighted by molar-refractivity contribution is -0.136. The van der Waals surface area contributed by atoms with Gasteiger partial charge >= 0.3 is 0 Å². The highest BCUT2D eigenvalue weighted by atomic mass is 16.2. The van der Waals surface area contributed by atoms with Crippen LogP contribution in [0.2, 0.25) is 0 Å². The summed E-state index contributed by atoms with van der Waals surface area (Å²) in [4.78, 5) is 26.2. The molecule has 1 saturated carbocycles. The van der Waals surface area contributed by atoms with Crippen molar-refractivity contribution in [3.05, 3.63) is 0 Å². The molecule has 2 saturated heterocycles. The summed E-state index contributed by atoms with van der Waals surface area (Å²) in [6.45, 7) is 3.25. The van der Waals surface area contributed by atoms with Crippen molar-refractivity contribution in [1.29, 1.82) is 0 Å². The third kappa shape index (κ3) is 3.32. The summed E-state index contributed by atoms with van der Waals surface area (Å²) in [5, 5.41) is 6.45. The Kier molecular flexibility index (Phi) is 4.24. The lowest BCUT2D eigenvalue weighted by Crippen LogP contribution is -2.47. The van der Waals surface area contributed by atoms with Crippen molar-refractivity contribution in [2.75, 3.05) is 26.2 Å². The minimum atomic E-state index is -0.00662. The SMILES string of the molecule is O=C(NCC1CCCN1)C1CCCN(C(=O)C2CC2)C1. The molecule has 0 aromatic carbocycles. The number of amides is 2. The molecule has 3 rings (SSSR count). The van der Waals surface area contributed by atoms with Gasteiger partial charge in [0.1, 0.15) is 0 Å². The number of hydrogen-bond donors (Lipinski definition) is 2. The third-order valence-corrected chi connectivity index (χ3v) is 4.72. The van der Waals surface area contributed by atoms with Crippen LogP contribution in [0, 0.1) is 11.8 Å². The standard InChI is InChI=1S/C15H25N3O2/c19-14(17-9-13-4-1-7-16-13)12-3-2-8-18(10-12)15(20)11-5-6-11/h11-13,16H,1-10H2,(H,17,19). The fourth-order valence-corrected chi connectivity index (χ4v) is 3.28. The van der Waals surface area contributed by atoms with Gasteiger partial charge in [-0.15, -0.1) is 0 Å². The fourth-order valence-electron chi connectivity index (χ4n) is 3.28. The normalized spacial score (nSPS) is 30.3. The molecule has 2 N–H and O–H groups in total. The molecule has 1 aliphatic carbocycles. The number of rotatable bonds is 4. The molecule has 2 aliphatic heterocycles. The molecule has 0 radical (unpaired) electrons. The van der Waals surface area contributed by atoms with Gasteiger partial charge in [-0.25, -0.2) is 0 Å². The second kappa shape index (κ2) is 6.12. The van der Waals surface area contributed by atoms with Gasteiger partial charge in [-0.2, -0.15) is 0 Å². The number of nitrogens with one attached hydrogen (secondary N) is 2. The van der Waals surface area contributed by atoms with Crippen LogP contribution in [0.5, 0.6) is 0 Å². The smallest absolute Gasteiger partial charge is 0.225 e. The lowest BCUT2D eigenvalue weighted by atomic mass is 9.96. The molecule has 5 heteroatoms. The first-order valence-electron chi connectivity index (χ1n) is 8.04. The largest absolute Gasteiger partial charge is 0.354 e. The van der Waals surface area contributed by atoms with Gasteiger partial charge in [-0.1, -0.05) is 0 Å². The first-order valence-corrected chi connectivity index (χ1v) is 8.04. The van der Waals surface area contributed by atoms with Crippen LogP contribution in [0.25, 0.3) is 0 Å². The van der Waals surface area contributed by atoms with E-state index >= 15 is 0 Å². The monoisotopic (exact) mass is 279 g/mol. The van der Waals surface area contributed by atoms with E-state index in [9.17, 15) is 9.59 Å². The predicted octanol–water partition coefficient (Wildman–Crippen LogP) is 0.503. The van der Waals surface area contributed by atoms with E-state index in [2.05, 4.69) is 10.6 Å². The van der Waals surface area contributed by atoms with Crippen molar-refractivity contribution in [2.45, 2.75) is 44.6 Å². The number of nitrogens with zero attached hydrogens (tertiary/aromatic N) is 1. The molecule has 3 fully saturated rings. The van der Waals surface area contributed by atoms with E-state index < -0.39 is 0 Å². The minimum Gasteiger partial charge on any atom is -0.354 e. The number of likely N-dealkylation sites (tertiary alicyclic amines) is 1. The summed E-state index contributed by atoms with van der Waals surface area (Å²) >= 11 is 0. The van der Waals surface area contributed by atoms with Crippen LogP contribution in [0.4, 0.5) is 0 Å². The van der Waals surface area contributed by atoms with Crippen LogP contribution >= 0.6 is 0 Å². The van der Waals surface area contributed by atoms with Crippen molar-refractivity contribution in [1.82, 2.24) is 15.5 Å². The van der Waals surface area contributed by atoms with E-state index in [0.717, 1.165) is 51.7 Å². The van der Waals surface area contributed by atoms with Gasteiger partial charge in [0.2, 0.25) is 11.8 Å². The first kappa shape index (κ1) is 13.9. The van der Waals surface area contributed by atoms with Crippen molar-refractivity contribution in [3.8, 4) is 0 Å². The Balaban J connectivity index is 1.45. The summed E-state index contributed by atoms with van der Waals surface area (Å²) in [6, 6.07) is 0.437. The molecular formula is C15H25N3O2. The van der Waals surface area contributed by atoms with Crippen LogP contribution in [-0.2, 0) is 9.59 Å². The van der Waals surface area contributed by atoms with Crippen molar-refractivity contribution in [2.24, 2.45) is 11.8 Å². The van der Waals surface area contributed by atoms with Crippen molar-refractivity contribution in [3.63, 3.8) is 0 Å². The summed E-state index contributed by atoms with van der Waals surface area (Å²) in [7, 11) is 0. The van der Waals surface area contributed by atoms with E-state index in [1.54, 1.807) is 0 Å². The molecule has 0 bridgehead atoms. The molecule has 3 aliphatic rings. The van der Waals surface area contributed by atoms with Crippen LogP contribution in [0.15, 0.2) is 0 Å². The highest BCUT2D eigenvalue weighted by Gasteiger charge is 2.36. The van der Waals surface area contributed by atoms with Gasteiger partial charge in [0, 0.05) is 31.6 Å². The average molecular weight is 279 g/mol. The molecule has 0 aromatic heterocycles. The zero-order valence-electron chi connectivity index (χ0n) is 12.1. The van der Waals surface area contributed by atoms with Crippen LogP contribution < -0.4 is 10.6 Å². The molecule has 112 valence electrons. The molecule has 2 atom stereocenters. The summed E-state index contributed by atoms with van der Waals surface area (Å²) in [5.74, 6) is 0.666. The fraction of sp³-hybridized carbons (Fsp3) is 0.867. The zero-order chi connectivity index (χ0) is 13.9. The van der Waals surface area contributed by atoms with Gasteiger partial charge in [-0.3, -0.25) is 9.59 Å². The Labute approximate surface area is 120 Å². The summed E-state index contributed by atoms with van der Waals surface area (Å²) in [5.41, 5.74) is 0. The van der Waals surface area contributed by atoms with E-state index in [1.807, 2.05) is 4.90 Å². The van der Waals surface area contributed by atoms with Gasteiger partial charge in [0.25, 0.3) is 0 Å². The van der Waals surface area contributed by atoms with Gasteiger partial charge in [0.05, 0.1) is 5.92 Å². The average Bonchev–Trinajstić information content (AvgIpc) is 3.20. The molecule has 0 spiro atoms. The van der Waals surface area contributed by atoms with E-state index in [0.29, 0.717) is 12.6 Å². The molecule has 2 unspecified atom stereocenters. The number of hydrogen-bond acceptors (Lipinski definition) is 3. The maximum Gasteiger partial charge on any atom is 0.225 e. The Morgan fingerprint density at radius 3 is 2.65 bits per heavy atom. The number of carbonyl (C=O) groups excluding carboxylic acids is 2. The summed E-state index contributed by atoms with van der Waals surface area (Å²) in [6.07, 6.45) is 6.31. The Hall–Kier alpha value is -1.10. The van der Waals surface area contributed by atoms with Crippen LogP contribution in [-0.4, -0.2) is 48.9 Å². The highest BCUT2D eigenvalue weighted by molar-refractivity contribution is 5.83. The molecule has 5 nitrogen and oxygen atoms in total. The predicted molar refractivity (Wildman–Crippen MR) is 76.1 cm³/mol. The third-order valence-electron chi connectivity index (χ3n) is 4.72. The second-order valence-corrected chi connectivity index (χ2v) is 6.44. The van der Waals surface area contributed by atoms with Crippen molar-refractivity contribution < 1.29 is 9.59 Å². The summed E-state index contributed by atoms with van der Waals surface area (Å²) < 4.78 is 0. The quantitative estimate of drug-likeness (QED) is 0.788. The molecule has 0 aromatic rings. The second-order valence-electron chi connectivity index (χ2n) is 6.44. The minimum absolute atomic E-state index is 0.00662. The van der Waals surface area contributed by atoms with E-state index in [-0.39, 0.29) is 23.7 Å².